The first kappa shape index (κ1) is 18.5. The van der Waals surface area contributed by atoms with Gasteiger partial charge in [0.1, 0.15) is 5.60 Å². The number of nitrogens with zero attached hydrogens (tertiary/aromatic N) is 1. The van der Waals surface area contributed by atoms with E-state index >= 15 is 0 Å². The lowest BCUT2D eigenvalue weighted by Gasteiger charge is -2.41. The van der Waals surface area contributed by atoms with E-state index in [9.17, 15) is 10.1 Å². The van der Waals surface area contributed by atoms with E-state index in [0.717, 1.165) is 5.56 Å². The summed E-state index contributed by atoms with van der Waals surface area (Å²) >= 11 is 0. The van der Waals surface area contributed by atoms with Gasteiger partial charge in [-0.2, -0.15) is 5.26 Å². The molecule has 26 heavy (non-hydrogen) atoms. The number of hydrogen-bond donors (Lipinski definition) is 1. The quantitative estimate of drug-likeness (QED) is 0.808. The predicted octanol–water partition coefficient (Wildman–Crippen LogP) is 2.69. The lowest BCUT2D eigenvalue weighted by atomic mass is 9.65. The van der Waals surface area contributed by atoms with Crippen LogP contribution in [0.4, 0.5) is 0 Å². The van der Waals surface area contributed by atoms with Gasteiger partial charge in [-0.05, 0) is 62.1 Å². The first-order chi connectivity index (χ1) is 12.5. The van der Waals surface area contributed by atoms with Crippen molar-refractivity contribution in [3.8, 4) is 17.6 Å². The van der Waals surface area contributed by atoms with Crippen LogP contribution in [0.15, 0.2) is 18.2 Å². The van der Waals surface area contributed by atoms with Crippen LogP contribution < -0.4 is 15.2 Å². The van der Waals surface area contributed by atoms with Crippen molar-refractivity contribution < 1.29 is 19.0 Å². The summed E-state index contributed by atoms with van der Waals surface area (Å²) in [4.78, 5) is 11.8. The van der Waals surface area contributed by atoms with E-state index in [1.807, 2.05) is 18.2 Å². The molecule has 0 saturated heterocycles. The summed E-state index contributed by atoms with van der Waals surface area (Å²) in [5.74, 6) is 1.50. The lowest BCUT2D eigenvalue weighted by Crippen LogP contribution is -2.50. The van der Waals surface area contributed by atoms with Crippen LogP contribution >= 0.6 is 0 Å². The molecule has 2 fully saturated rings. The van der Waals surface area contributed by atoms with Crippen LogP contribution in [0.25, 0.3) is 0 Å². The number of primary amides is 1. The molecule has 6 heteroatoms. The fourth-order valence-corrected chi connectivity index (χ4v) is 3.68. The van der Waals surface area contributed by atoms with E-state index in [0.29, 0.717) is 49.7 Å². The highest BCUT2D eigenvalue weighted by molar-refractivity contribution is 5.83. The van der Waals surface area contributed by atoms with Gasteiger partial charge in [0.05, 0.1) is 25.2 Å². The number of rotatable bonds is 7. The molecule has 2 aliphatic carbocycles. The molecule has 140 valence electrons. The average Bonchev–Trinajstić information content (AvgIpc) is 3.50. The first-order valence-electron chi connectivity index (χ1n) is 9.06. The normalized spacial score (nSPS) is 28.2. The van der Waals surface area contributed by atoms with Crippen molar-refractivity contribution in [1.82, 2.24) is 0 Å². The molecular weight excluding hydrogens is 332 g/mol. The van der Waals surface area contributed by atoms with Crippen molar-refractivity contribution in [2.24, 2.45) is 11.7 Å². The van der Waals surface area contributed by atoms with Crippen LogP contribution in [0.3, 0.4) is 0 Å². The van der Waals surface area contributed by atoms with Crippen LogP contribution in [-0.2, 0) is 14.9 Å². The average molecular weight is 358 g/mol. The zero-order chi connectivity index (χ0) is 18.8. The maximum absolute atomic E-state index is 11.8. The molecule has 0 bridgehead atoms. The van der Waals surface area contributed by atoms with Gasteiger partial charge in [-0.25, -0.2) is 0 Å². The SMILES string of the molecule is COc1ccc([C@]2(C#N)CC[C@@](OC)(C(N)=O)CC2)cc1OCC1CC1. The third-order valence-corrected chi connectivity index (χ3v) is 5.85. The van der Waals surface area contributed by atoms with Crippen molar-refractivity contribution in [3.05, 3.63) is 23.8 Å². The summed E-state index contributed by atoms with van der Waals surface area (Å²) in [6.07, 6.45) is 4.28. The highest BCUT2D eigenvalue weighted by Gasteiger charge is 2.47. The minimum atomic E-state index is -0.974. The Morgan fingerprint density at radius 1 is 1.23 bits per heavy atom. The number of benzene rings is 1. The zero-order valence-corrected chi connectivity index (χ0v) is 15.4. The molecule has 3 rings (SSSR count). The van der Waals surface area contributed by atoms with Gasteiger partial charge in [-0.1, -0.05) is 6.07 Å². The van der Waals surface area contributed by atoms with Gasteiger partial charge in [0.25, 0.3) is 0 Å². The van der Waals surface area contributed by atoms with Crippen LogP contribution in [0.5, 0.6) is 11.5 Å². The van der Waals surface area contributed by atoms with Gasteiger partial charge in [0, 0.05) is 7.11 Å². The maximum Gasteiger partial charge on any atom is 0.249 e. The molecule has 2 saturated carbocycles. The number of nitriles is 1. The predicted molar refractivity (Wildman–Crippen MR) is 95.9 cm³/mol. The Kier molecular flexibility index (Phi) is 5.10. The number of nitrogens with two attached hydrogens (primary N) is 1. The van der Waals surface area contributed by atoms with E-state index in [2.05, 4.69) is 6.07 Å². The number of ether oxygens (including phenoxy) is 3. The Hall–Kier alpha value is -2.26. The van der Waals surface area contributed by atoms with Gasteiger partial charge in [0.2, 0.25) is 5.91 Å². The van der Waals surface area contributed by atoms with Gasteiger partial charge in [-0.15, -0.1) is 0 Å². The zero-order valence-electron chi connectivity index (χ0n) is 15.4. The lowest BCUT2D eigenvalue weighted by molar-refractivity contribution is -0.145. The molecule has 1 amide bonds. The van der Waals surface area contributed by atoms with Crippen molar-refractivity contribution in [3.63, 3.8) is 0 Å². The van der Waals surface area contributed by atoms with Crippen LogP contribution in [-0.4, -0.2) is 32.3 Å². The van der Waals surface area contributed by atoms with E-state index in [1.54, 1.807) is 7.11 Å². The Morgan fingerprint density at radius 2 is 1.92 bits per heavy atom. The smallest absolute Gasteiger partial charge is 0.249 e. The molecule has 0 heterocycles. The molecule has 0 aromatic heterocycles. The molecule has 0 atom stereocenters. The van der Waals surface area contributed by atoms with Crippen molar-refractivity contribution in [2.45, 2.75) is 49.5 Å². The van der Waals surface area contributed by atoms with Gasteiger partial charge >= 0.3 is 0 Å². The number of hydrogen-bond acceptors (Lipinski definition) is 5. The number of carbonyl (C=O) groups excluding carboxylic acids is 1. The minimum Gasteiger partial charge on any atom is -0.493 e. The molecule has 0 radical (unpaired) electrons. The monoisotopic (exact) mass is 358 g/mol. The largest absolute Gasteiger partial charge is 0.493 e. The standard InChI is InChI=1S/C20H26N2O4/c1-24-16-6-5-15(11-17(16)26-12-14-3-4-14)19(13-21)7-9-20(25-2,10-8-19)18(22)23/h5-6,11,14H,3-4,7-10,12H2,1-2H3,(H2,22,23)/t19-,20+. The Morgan fingerprint density at radius 3 is 2.42 bits per heavy atom. The molecule has 2 N–H and O–H groups in total. The number of amides is 1. The maximum atomic E-state index is 11.8. The second-order valence-electron chi connectivity index (χ2n) is 7.38. The fourth-order valence-electron chi connectivity index (χ4n) is 3.68. The number of methoxy groups -OCH3 is 2. The second kappa shape index (κ2) is 7.16. The molecule has 2 aliphatic rings. The molecule has 0 spiro atoms. The highest BCUT2D eigenvalue weighted by Crippen LogP contribution is 2.46. The van der Waals surface area contributed by atoms with Gasteiger partial charge in [0.15, 0.2) is 11.5 Å². The molecule has 6 nitrogen and oxygen atoms in total. The Bertz CT molecular complexity index is 713. The Labute approximate surface area is 154 Å². The highest BCUT2D eigenvalue weighted by atomic mass is 16.5. The molecular formula is C20H26N2O4. The number of carbonyl (C=O) groups is 1. The van der Waals surface area contributed by atoms with Crippen LogP contribution in [0.2, 0.25) is 0 Å². The summed E-state index contributed by atoms with van der Waals surface area (Å²) in [5, 5.41) is 9.94. The van der Waals surface area contributed by atoms with Gasteiger partial charge in [-0.3, -0.25) is 4.79 Å². The second-order valence-corrected chi connectivity index (χ2v) is 7.38. The summed E-state index contributed by atoms with van der Waals surface area (Å²) < 4.78 is 16.8. The summed E-state index contributed by atoms with van der Waals surface area (Å²) in [6.45, 7) is 0.674. The molecule has 1 aromatic carbocycles. The summed E-state index contributed by atoms with van der Waals surface area (Å²) in [6, 6.07) is 8.15. The molecule has 0 aliphatic heterocycles. The van der Waals surface area contributed by atoms with E-state index in [-0.39, 0.29) is 0 Å². The molecule has 1 aromatic rings. The van der Waals surface area contributed by atoms with Crippen LogP contribution in [0, 0.1) is 17.2 Å². The first-order valence-corrected chi connectivity index (χ1v) is 9.06. The van der Waals surface area contributed by atoms with E-state index in [1.165, 1.54) is 20.0 Å². The molecule has 0 unspecified atom stereocenters. The fraction of sp³-hybridized carbons (Fsp3) is 0.600. The summed E-state index contributed by atoms with van der Waals surface area (Å²) in [5.41, 5.74) is 4.77. The third kappa shape index (κ3) is 3.36. The third-order valence-electron chi connectivity index (χ3n) is 5.85. The Balaban J connectivity index is 1.85. The van der Waals surface area contributed by atoms with Crippen molar-refractivity contribution in [2.75, 3.05) is 20.8 Å². The van der Waals surface area contributed by atoms with Crippen LogP contribution in [0.1, 0.15) is 44.1 Å². The van der Waals surface area contributed by atoms with Gasteiger partial charge < -0.3 is 19.9 Å². The summed E-state index contributed by atoms with van der Waals surface area (Å²) in [7, 11) is 3.11. The topological polar surface area (TPSA) is 94.6 Å². The van der Waals surface area contributed by atoms with Crippen molar-refractivity contribution in [1.29, 1.82) is 5.26 Å². The van der Waals surface area contributed by atoms with Crippen molar-refractivity contribution >= 4 is 5.91 Å². The van der Waals surface area contributed by atoms with E-state index < -0.39 is 16.9 Å². The minimum absolute atomic E-state index is 0.427. The van der Waals surface area contributed by atoms with E-state index in [4.69, 9.17) is 19.9 Å².